The first-order valence-corrected chi connectivity index (χ1v) is 8.82. The number of amides is 1. The van der Waals surface area contributed by atoms with Crippen LogP contribution in [0.5, 0.6) is 5.75 Å². The topological polar surface area (TPSA) is 61.7 Å². The molecule has 0 radical (unpaired) electrons. The molecule has 1 fully saturated rings. The van der Waals surface area contributed by atoms with E-state index in [1.54, 1.807) is 42.5 Å². The number of amidine groups is 1. The number of halogens is 2. The maximum atomic E-state index is 12.0. The van der Waals surface area contributed by atoms with Crippen molar-refractivity contribution in [2.75, 3.05) is 0 Å². The lowest BCUT2D eigenvalue weighted by atomic mass is 10.2. The van der Waals surface area contributed by atoms with Gasteiger partial charge in [0.15, 0.2) is 5.17 Å². The van der Waals surface area contributed by atoms with E-state index in [1.807, 2.05) is 28.7 Å². The zero-order valence-electron chi connectivity index (χ0n) is 11.6. The number of phenols is 1. The third-order valence-corrected chi connectivity index (χ3v) is 5.00. The van der Waals surface area contributed by atoms with Crippen LogP contribution in [-0.2, 0) is 4.79 Å². The van der Waals surface area contributed by atoms with Gasteiger partial charge in [0.05, 0.1) is 14.2 Å². The Hall–Kier alpha value is -1.51. The third kappa shape index (κ3) is 4.07. The van der Waals surface area contributed by atoms with Crippen molar-refractivity contribution in [1.82, 2.24) is 5.32 Å². The van der Waals surface area contributed by atoms with E-state index < -0.39 is 0 Å². The lowest BCUT2D eigenvalue weighted by molar-refractivity contribution is -0.115. The summed E-state index contributed by atoms with van der Waals surface area (Å²) in [6.07, 6.45) is 1.77. The van der Waals surface area contributed by atoms with Crippen LogP contribution in [0.25, 0.3) is 6.08 Å². The lowest BCUT2D eigenvalue weighted by Gasteiger charge is -1.99. The molecule has 7 heteroatoms. The molecule has 1 aliphatic rings. The molecule has 0 saturated carbocycles. The fourth-order valence-corrected chi connectivity index (χ4v) is 3.38. The number of hydrogen-bond acceptors (Lipinski definition) is 4. The van der Waals surface area contributed by atoms with Crippen molar-refractivity contribution in [2.24, 2.45) is 4.99 Å². The molecule has 0 aromatic heterocycles. The summed E-state index contributed by atoms with van der Waals surface area (Å²) < 4.78 is 0.732. The zero-order chi connectivity index (χ0) is 16.4. The largest absolute Gasteiger partial charge is 0.507 e. The maximum Gasteiger partial charge on any atom is 0.264 e. The van der Waals surface area contributed by atoms with E-state index in [0.29, 0.717) is 15.1 Å². The second-order valence-electron chi connectivity index (χ2n) is 4.67. The van der Waals surface area contributed by atoms with E-state index in [9.17, 15) is 9.90 Å². The van der Waals surface area contributed by atoms with E-state index in [-0.39, 0.29) is 11.7 Å². The van der Waals surface area contributed by atoms with Crippen molar-refractivity contribution in [3.63, 3.8) is 0 Å². The minimum atomic E-state index is -0.189. The van der Waals surface area contributed by atoms with Crippen LogP contribution in [0, 0.1) is 3.57 Å². The highest BCUT2D eigenvalue weighted by atomic mass is 127. The summed E-state index contributed by atoms with van der Waals surface area (Å²) in [5.41, 5.74) is 1.57. The third-order valence-electron chi connectivity index (χ3n) is 2.98. The van der Waals surface area contributed by atoms with Crippen molar-refractivity contribution in [3.05, 3.63) is 61.5 Å². The van der Waals surface area contributed by atoms with E-state index in [2.05, 4.69) is 10.3 Å². The number of carbonyl (C=O) groups is 1. The number of aliphatic imine (C=N–C) groups is 1. The highest BCUT2D eigenvalue weighted by molar-refractivity contribution is 14.1. The number of phenolic OH excluding ortho intramolecular Hbond substituents is 1. The van der Waals surface area contributed by atoms with Crippen LogP contribution in [0.3, 0.4) is 0 Å². The molecule has 3 rings (SSSR count). The Kier molecular flexibility index (Phi) is 4.93. The number of hydrogen-bond donors (Lipinski definition) is 2. The molecule has 0 unspecified atom stereocenters. The first kappa shape index (κ1) is 16.4. The van der Waals surface area contributed by atoms with Crippen LogP contribution in [0.2, 0.25) is 5.02 Å². The molecule has 2 aromatic carbocycles. The fourth-order valence-electron chi connectivity index (χ4n) is 1.88. The molecule has 1 saturated heterocycles. The van der Waals surface area contributed by atoms with Gasteiger partial charge >= 0.3 is 0 Å². The van der Waals surface area contributed by atoms with Crippen molar-refractivity contribution in [3.8, 4) is 5.75 Å². The predicted octanol–water partition coefficient (Wildman–Crippen LogP) is 4.54. The molecule has 1 heterocycles. The zero-order valence-corrected chi connectivity index (χ0v) is 15.3. The van der Waals surface area contributed by atoms with Crippen LogP contribution in [0.1, 0.15) is 5.56 Å². The molecule has 0 aliphatic carbocycles. The van der Waals surface area contributed by atoms with Gasteiger partial charge in [0.25, 0.3) is 5.91 Å². The number of rotatable bonds is 2. The van der Waals surface area contributed by atoms with Crippen molar-refractivity contribution in [2.45, 2.75) is 0 Å². The maximum absolute atomic E-state index is 12.0. The smallest absolute Gasteiger partial charge is 0.264 e. The van der Waals surface area contributed by atoms with Crippen molar-refractivity contribution < 1.29 is 9.90 Å². The van der Waals surface area contributed by atoms with Crippen LogP contribution >= 0.6 is 46.0 Å². The van der Waals surface area contributed by atoms with Gasteiger partial charge in [-0.3, -0.25) is 4.79 Å². The number of aromatic hydroxyl groups is 1. The first-order chi connectivity index (χ1) is 11.0. The van der Waals surface area contributed by atoms with Gasteiger partial charge in [0.1, 0.15) is 5.75 Å². The van der Waals surface area contributed by atoms with E-state index in [1.165, 1.54) is 11.8 Å². The minimum absolute atomic E-state index is 0.189. The summed E-state index contributed by atoms with van der Waals surface area (Å²) in [5, 5.41) is 13.4. The molecular weight excluding hydrogens is 447 g/mol. The van der Waals surface area contributed by atoms with Crippen LogP contribution in [0.15, 0.2) is 52.4 Å². The Morgan fingerprint density at radius 2 is 1.96 bits per heavy atom. The van der Waals surface area contributed by atoms with Gasteiger partial charge in [-0.25, -0.2) is 4.99 Å². The molecule has 1 aliphatic heterocycles. The summed E-state index contributed by atoms with van der Waals surface area (Å²) in [6, 6.07) is 12.2. The fraction of sp³-hybridized carbons (Fsp3) is 0. The quantitative estimate of drug-likeness (QED) is 0.515. The summed E-state index contributed by atoms with van der Waals surface area (Å²) in [6.45, 7) is 0. The molecular formula is C16H10ClIN2O2S. The number of thioether (sulfide) groups is 1. The molecule has 2 N–H and O–H groups in total. The van der Waals surface area contributed by atoms with Gasteiger partial charge < -0.3 is 10.4 Å². The normalized spacial score (nSPS) is 17.7. The highest BCUT2D eigenvalue weighted by Gasteiger charge is 2.23. The van der Waals surface area contributed by atoms with Crippen LogP contribution in [0.4, 0.5) is 5.69 Å². The molecule has 0 atom stereocenters. The lowest BCUT2D eigenvalue weighted by Crippen LogP contribution is -2.19. The number of nitrogens with zero attached hydrogens (tertiary/aromatic N) is 1. The second kappa shape index (κ2) is 6.94. The molecule has 1 amide bonds. The summed E-state index contributed by atoms with van der Waals surface area (Å²) in [7, 11) is 0. The van der Waals surface area contributed by atoms with E-state index in [4.69, 9.17) is 11.6 Å². The average molecular weight is 457 g/mol. The molecule has 23 heavy (non-hydrogen) atoms. The highest BCUT2D eigenvalue weighted by Crippen LogP contribution is 2.29. The molecule has 0 spiro atoms. The Morgan fingerprint density at radius 1 is 1.22 bits per heavy atom. The Bertz CT molecular complexity index is 834. The molecule has 4 nitrogen and oxygen atoms in total. The summed E-state index contributed by atoms with van der Waals surface area (Å²) >= 11 is 9.16. The van der Waals surface area contributed by atoms with Crippen molar-refractivity contribution in [1.29, 1.82) is 0 Å². The van der Waals surface area contributed by atoms with Gasteiger partial charge in [-0.05, 0) is 82.4 Å². The molecule has 2 aromatic rings. The van der Waals surface area contributed by atoms with Crippen LogP contribution < -0.4 is 5.32 Å². The summed E-state index contributed by atoms with van der Waals surface area (Å²) in [4.78, 5) is 17.0. The van der Waals surface area contributed by atoms with Gasteiger partial charge in [0.2, 0.25) is 0 Å². The van der Waals surface area contributed by atoms with Crippen LogP contribution in [-0.4, -0.2) is 16.2 Å². The predicted molar refractivity (Wildman–Crippen MR) is 103 cm³/mol. The Morgan fingerprint density at radius 3 is 2.65 bits per heavy atom. The van der Waals surface area contributed by atoms with E-state index >= 15 is 0 Å². The van der Waals surface area contributed by atoms with Gasteiger partial charge in [-0.2, -0.15) is 0 Å². The van der Waals surface area contributed by atoms with Gasteiger partial charge in [-0.1, -0.05) is 17.7 Å². The standard InChI is InChI=1S/C16H10ClIN2O2S/c17-10-2-4-11(5-3-10)19-16-20-15(22)14(23-16)8-9-1-6-13(21)12(18)7-9/h1-8,21H,(H,19,20,22)/b14-8-. The average Bonchev–Trinajstić information content (AvgIpc) is 2.85. The Balaban J connectivity index is 1.83. The first-order valence-electron chi connectivity index (χ1n) is 6.55. The monoisotopic (exact) mass is 456 g/mol. The summed E-state index contributed by atoms with van der Waals surface area (Å²) in [5.74, 6) is 0.0343. The van der Waals surface area contributed by atoms with Crippen molar-refractivity contribution >= 4 is 68.8 Å². The second-order valence-corrected chi connectivity index (χ2v) is 7.30. The number of nitrogens with one attached hydrogen (secondary N) is 1. The number of carbonyl (C=O) groups excluding carboxylic acids is 1. The minimum Gasteiger partial charge on any atom is -0.507 e. The van der Waals surface area contributed by atoms with Gasteiger partial charge in [-0.15, -0.1) is 0 Å². The molecule has 116 valence electrons. The van der Waals surface area contributed by atoms with Gasteiger partial charge in [0, 0.05) is 5.02 Å². The molecule has 0 bridgehead atoms. The SMILES string of the molecule is O=C1NC(=Nc2ccc(Cl)cc2)S/C1=C\c1ccc(O)c(I)c1. The number of benzene rings is 2. The Labute approximate surface area is 155 Å². The van der Waals surface area contributed by atoms with E-state index in [0.717, 1.165) is 14.8 Å².